The van der Waals surface area contributed by atoms with Gasteiger partial charge in [-0.15, -0.1) is 0 Å². The zero-order chi connectivity index (χ0) is 16.0. The fourth-order valence-electron chi connectivity index (χ4n) is 1.00. The monoisotopic (exact) mass is 338 g/mol. The molecule has 20 heavy (non-hydrogen) atoms. The van der Waals surface area contributed by atoms with Crippen molar-refractivity contribution in [3.63, 3.8) is 0 Å². The van der Waals surface area contributed by atoms with E-state index in [4.69, 9.17) is 17.5 Å². The predicted octanol–water partition coefficient (Wildman–Crippen LogP) is -0.0242. The molecule has 0 radical (unpaired) electrons. The van der Waals surface area contributed by atoms with Gasteiger partial charge in [0.2, 0.25) is 6.33 Å². The van der Waals surface area contributed by atoms with Crippen molar-refractivity contribution in [2.75, 3.05) is 5.75 Å². The van der Waals surface area contributed by atoms with Gasteiger partial charge in [-0.05, 0) is 6.42 Å². The summed E-state index contributed by atoms with van der Waals surface area (Å²) in [4.78, 5) is 0. The molecule has 1 rings (SSSR count). The first-order valence-electron chi connectivity index (χ1n) is 5.04. The lowest BCUT2D eigenvalue weighted by molar-refractivity contribution is -0.671. The third-order valence-corrected chi connectivity index (χ3v) is 3.05. The van der Waals surface area contributed by atoms with Gasteiger partial charge in [-0.3, -0.25) is 0 Å². The highest BCUT2D eigenvalue weighted by Gasteiger charge is 2.36. The lowest BCUT2D eigenvalue weighted by atomic mass is 10.5. The normalized spacial score (nSPS) is 13.5. The van der Waals surface area contributed by atoms with Gasteiger partial charge >= 0.3 is 5.51 Å². The van der Waals surface area contributed by atoms with Crippen LogP contribution in [-0.2, 0) is 34.8 Å². The van der Waals surface area contributed by atoms with Crippen LogP contribution < -0.4 is 4.57 Å². The van der Waals surface area contributed by atoms with Gasteiger partial charge in [-0.1, -0.05) is 0 Å². The Labute approximate surface area is 116 Å². The Bertz CT molecular complexity index is 541. The van der Waals surface area contributed by atoms with Crippen molar-refractivity contribution in [2.45, 2.75) is 18.5 Å². The maximum Gasteiger partial charge on any atom is 0.485 e. The number of hydrogen-bond acceptors (Lipinski definition) is 4. The van der Waals surface area contributed by atoms with E-state index in [9.17, 15) is 17.4 Å². The fraction of sp³-hybridized carbons (Fsp3) is 0.625. The van der Waals surface area contributed by atoms with Crippen molar-refractivity contribution in [1.82, 2.24) is 4.57 Å². The number of aryl methyl sites for hydroxylation is 2. The zero-order valence-corrected chi connectivity index (χ0v) is 11.9. The molecule has 1 unspecified atom stereocenters. The highest BCUT2D eigenvalue weighted by molar-refractivity contribution is 7.86. The van der Waals surface area contributed by atoms with Gasteiger partial charge in [0.25, 0.3) is 0 Å². The molecule has 0 aliphatic rings. The average molecular weight is 338 g/mol. The molecule has 7 nitrogen and oxygen atoms in total. The molecule has 0 fully saturated rings. The van der Waals surface area contributed by atoms with E-state index in [2.05, 4.69) is 0 Å². The third kappa shape index (κ3) is 8.24. The van der Waals surface area contributed by atoms with Crippen molar-refractivity contribution in [3.8, 4) is 0 Å². The summed E-state index contributed by atoms with van der Waals surface area (Å²) in [6.07, 6.45) is 6.56. The summed E-state index contributed by atoms with van der Waals surface area (Å²) in [5, 5.41) is 0. The first-order valence-corrected chi connectivity index (χ1v) is 7.72. The van der Waals surface area contributed by atoms with E-state index < -0.39 is 26.7 Å². The molecular weight excluding hydrogens is 325 g/mol. The molecule has 12 heteroatoms. The van der Waals surface area contributed by atoms with Gasteiger partial charge in [-0.2, -0.15) is 13.2 Å². The van der Waals surface area contributed by atoms with Gasteiger partial charge in [0.1, 0.15) is 12.4 Å². The minimum Gasteiger partial charge on any atom is -0.741 e. The molecule has 1 atom stereocenters. The van der Waals surface area contributed by atoms with E-state index >= 15 is 0 Å². The summed E-state index contributed by atoms with van der Waals surface area (Å²) in [5.74, 6) is 0.349. The van der Waals surface area contributed by atoms with Crippen molar-refractivity contribution in [1.29, 1.82) is 0 Å². The van der Waals surface area contributed by atoms with Crippen LogP contribution in [0.2, 0.25) is 0 Å². The molecule has 118 valence electrons. The van der Waals surface area contributed by atoms with Crippen LogP contribution in [0, 0.1) is 0 Å². The lowest BCUT2D eigenvalue weighted by Crippen LogP contribution is -2.23. The van der Waals surface area contributed by atoms with Gasteiger partial charge in [0.15, 0.2) is 21.2 Å². The molecule has 0 bridgehead atoms. The number of hydrogen-bond donors (Lipinski definition) is 1. The molecule has 0 saturated carbocycles. The number of nitrogens with zero attached hydrogens (tertiary/aromatic N) is 2. The fourth-order valence-corrected chi connectivity index (χ4v) is 1.38. The molecule has 1 aromatic heterocycles. The van der Waals surface area contributed by atoms with E-state index in [0.29, 0.717) is 5.75 Å². The van der Waals surface area contributed by atoms with Crippen LogP contribution in [0.3, 0.4) is 0 Å². The van der Waals surface area contributed by atoms with E-state index in [1.807, 2.05) is 34.9 Å². The van der Waals surface area contributed by atoms with Gasteiger partial charge in [0.05, 0.1) is 19.3 Å². The van der Waals surface area contributed by atoms with Crippen molar-refractivity contribution >= 4 is 21.2 Å². The SMILES string of the molecule is C[n+]1ccn(CCCS(=O)O)c1.O=S(=O)([O-])C(F)(F)F. The van der Waals surface area contributed by atoms with Crippen LogP contribution in [0.25, 0.3) is 0 Å². The van der Waals surface area contributed by atoms with E-state index in [0.717, 1.165) is 13.0 Å². The highest BCUT2D eigenvalue weighted by Crippen LogP contribution is 2.20. The second kappa shape index (κ2) is 7.71. The highest BCUT2D eigenvalue weighted by atomic mass is 32.2. The minimum atomic E-state index is -6.09. The molecule has 1 heterocycles. The Morgan fingerprint density at radius 1 is 1.45 bits per heavy atom. The predicted molar refractivity (Wildman–Crippen MR) is 61.6 cm³/mol. The van der Waals surface area contributed by atoms with Gasteiger partial charge in [0, 0.05) is 0 Å². The zero-order valence-electron chi connectivity index (χ0n) is 10.3. The summed E-state index contributed by atoms with van der Waals surface area (Å²) < 4.78 is 81.6. The summed E-state index contributed by atoms with van der Waals surface area (Å²) in [7, 11) is -4.15. The summed E-state index contributed by atoms with van der Waals surface area (Å²) in [5.41, 5.74) is -5.65. The topological polar surface area (TPSA) is 103 Å². The Morgan fingerprint density at radius 2 is 1.95 bits per heavy atom. The molecular formula is C8H13F3N2O5S2. The molecule has 0 aliphatic carbocycles. The summed E-state index contributed by atoms with van der Waals surface area (Å²) in [6, 6.07) is 0. The van der Waals surface area contributed by atoms with Crippen LogP contribution in [-0.4, -0.2) is 37.6 Å². The Balaban J connectivity index is 0.000000396. The third-order valence-electron chi connectivity index (χ3n) is 1.84. The standard InChI is InChI=1S/C7H12N2O2S.CHF3O3S/c1-8-4-5-9(7-8)3-2-6-12(10)11;2-1(3,4)8(5,6)7/h4-5,7H,2-3,6H2,1H3;(H,5,6,7). The van der Waals surface area contributed by atoms with Crippen LogP contribution >= 0.6 is 0 Å². The number of halogens is 3. The number of imidazole rings is 1. The number of alkyl halides is 3. The van der Waals surface area contributed by atoms with Crippen LogP contribution in [0.4, 0.5) is 13.2 Å². The smallest absolute Gasteiger partial charge is 0.485 e. The van der Waals surface area contributed by atoms with Crippen LogP contribution in [0.1, 0.15) is 6.42 Å². The molecule has 0 spiro atoms. The van der Waals surface area contributed by atoms with Gasteiger partial charge < -0.3 is 9.11 Å². The first-order chi connectivity index (χ1) is 8.93. The lowest BCUT2D eigenvalue weighted by Gasteiger charge is -2.08. The Hall–Kier alpha value is -0.980. The number of aromatic nitrogens is 2. The molecule has 1 N–H and O–H groups in total. The molecule has 0 amide bonds. The van der Waals surface area contributed by atoms with E-state index in [1.165, 1.54) is 0 Å². The first kappa shape index (κ1) is 19.0. The van der Waals surface area contributed by atoms with E-state index in [1.54, 1.807) is 0 Å². The largest absolute Gasteiger partial charge is 0.741 e. The van der Waals surface area contributed by atoms with Crippen molar-refractivity contribution in [2.24, 2.45) is 7.05 Å². The Morgan fingerprint density at radius 3 is 2.25 bits per heavy atom. The number of rotatable bonds is 4. The summed E-state index contributed by atoms with van der Waals surface area (Å²) >= 11 is -1.65. The second-order valence-corrected chi connectivity index (χ2v) is 6.02. The molecule has 1 aromatic rings. The van der Waals surface area contributed by atoms with E-state index in [-0.39, 0.29) is 0 Å². The summed E-state index contributed by atoms with van der Waals surface area (Å²) in [6.45, 7) is 0.799. The van der Waals surface area contributed by atoms with Crippen molar-refractivity contribution in [3.05, 3.63) is 18.7 Å². The van der Waals surface area contributed by atoms with Crippen molar-refractivity contribution < 1.29 is 39.5 Å². The van der Waals surface area contributed by atoms with Crippen LogP contribution in [0.15, 0.2) is 18.7 Å². The second-order valence-electron chi connectivity index (χ2n) is 3.60. The minimum absolute atomic E-state index is 0.349. The maximum absolute atomic E-state index is 10.7. The quantitative estimate of drug-likeness (QED) is 0.359. The Kier molecular flexibility index (Phi) is 7.33. The molecule has 0 saturated heterocycles. The maximum atomic E-state index is 10.7. The molecule has 0 aromatic carbocycles. The van der Waals surface area contributed by atoms with Gasteiger partial charge in [-0.25, -0.2) is 21.8 Å². The molecule has 0 aliphatic heterocycles. The average Bonchev–Trinajstić information content (AvgIpc) is 2.61. The van der Waals surface area contributed by atoms with Crippen LogP contribution in [0.5, 0.6) is 0 Å².